The number of fused-ring (bicyclic) bond motifs is 2. The summed E-state index contributed by atoms with van der Waals surface area (Å²) < 4.78 is 5.41. The molecule has 1 heterocycles. The highest BCUT2D eigenvalue weighted by Crippen LogP contribution is 2.34. The van der Waals surface area contributed by atoms with Crippen molar-refractivity contribution in [3.8, 4) is 5.75 Å². The first kappa shape index (κ1) is 27.2. The van der Waals surface area contributed by atoms with Crippen molar-refractivity contribution in [1.82, 2.24) is 9.88 Å². The van der Waals surface area contributed by atoms with Gasteiger partial charge in [-0.1, -0.05) is 11.6 Å². The number of benzene rings is 2. The standard InChI is InChI=1S/C21H24Cl3N3O.2ClH/c1-28-16-4-6-19-18(14-16)21(17-5-3-15(24)13-20(17)26-19)25-9-2-10-27(11-7-22)12-8-23;;/h3-6,13-14H,2,7-12H2,1H3,(H,25,26);2*1H. The third kappa shape index (κ3) is 6.81. The molecule has 1 aromatic heterocycles. The predicted octanol–water partition coefficient (Wildman–Crippen LogP) is 6.48. The molecule has 9 heteroatoms. The van der Waals surface area contributed by atoms with Crippen LogP contribution in [0, 0.1) is 0 Å². The Labute approximate surface area is 205 Å². The Bertz CT molecular complexity index is 935. The molecule has 0 amide bonds. The van der Waals surface area contributed by atoms with Gasteiger partial charge in [-0.05, 0) is 49.4 Å². The van der Waals surface area contributed by atoms with Crippen molar-refractivity contribution >= 4 is 87.1 Å². The number of pyridine rings is 1. The Hall–Kier alpha value is -0.880. The van der Waals surface area contributed by atoms with E-state index < -0.39 is 0 Å². The summed E-state index contributed by atoms with van der Waals surface area (Å²) in [5.41, 5.74) is 2.83. The van der Waals surface area contributed by atoms with Gasteiger partial charge in [0.2, 0.25) is 0 Å². The molecule has 1 N–H and O–H groups in total. The van der Waals surface area contributed by atoms with E-state index in [-0.39, 0.29) is 24.8 Å². The van der Waals surface area contributed by atoms with Gasteiger partial charge in [-0.25, -0.2) is 4.98 Å². The largest absolute Gasteiger partial charge is 0.497 e. The van der Waals surface area contributed by atoms with Crippen LogP contribution in [-0.4, -0.2) is 54.9 Å². The van der Waals surface area contributed by atoms with Gasteiger partial charge in [-0.2, -0.15) is 0 Å². The highest BCUT2D eigenvalue weighted by molar-refractivity contribution is 6.31. The van der Waals surface area contributed by atoms with Crippen molar-refractivity contribution in [3.63, 3.8) is 0 Å². The number of methoxy groups -OCH3 is 1. The number of halogens is 5. The number of alkyl halides is 2. The smallest absolute Gasteiger partial charge is 0.119 e. The highest BCUT2D eigenvalue weighted by Gasteiger charge is 2.11. The van der Waals surface area contributed by atoms with Crippen LogP contribution >= 0.6 is 59.6 Å². The Balaban J connectivity index is 0.00000225. The molecule has 2 aromatic carbocycles. The highest BCUT2D eigenvalue weighted by atomic mass is 35.5. The number of hydrogen-bond acceptors (Lipinski definition) is 4. The van der Waals surface area contributed by atoms with E-state index in [0.717, 1.165) is 65.8 Å². The zero-order valence-electron chi connectivity index (χ0n) is 16.7. The van der Waals surface area contributed by atoms with Crippen LogP contribution in [-0.2, 0) is 0 Å². The Kier molecular flexibility index (Phi) is 12.2. The molecule has 4 nitrogen and oxygen atoms in total. The number of rotatable bonds is 10. The van der Waals surface area contributed by atoms with Crippen LogP contribution in [0.1, 0.15) is 6.42 Å². The van der Waals surface area contributed by atoms with Gasteiger partial charge in [-0.3, -0.25) is 0 Å². The van der Waals surface area contributed by atoms with E-state index in [1.54, 1.807) is 7.11 Å². The Morgan fingerprint density at radius 1 is 0.933 bits per heavy atom. The van der Waals surface area contributed by atoms with Crippen molar-refractivity contribution in [3.05, 3.63) is 41.4 Å². The van der Waals surface area contributed by atoms with Crippen LogP contribution in [0.25, 0.3) is 21.8 Å². The van der Waals surface area contributed by atoms with Gasteiger partial charge in [-0.15, -0.1) is 48.0 Å². The maximum Gasteiger partial charge on any atom is 0.119 e. The fourth-order valence-electron chi connectivity index (χ4n) is 3.30. The van der Waals surface area contributed by atoms with Gasteiger partial charge in [0, 0.05) is 47.2 Å². The van der Waals surface area contributed by atoms with Crippen molar-refractivity contribution in [2.75, 3.05) is 50.4 Å². The van der Waals surface area contributed by atoms with Gasteiger partial charge in [0.1, 0.15) is 5.75 Å². The first-order chi connectivity index (χ1) is 13.7. The Morgan fingerprint density at radius 2 is 1.67 bits per heavy atom. The molecule has 0 aliphatic rings. The molecule has 0 aliphatic carbocycles. The lowest BCUT2D eigenvalue weighted by atomic mass is 10.1. The minimum atomic E-state index is 0. The van der Waals surface area contributed by atoms with Gasteiger partial charge in [0.05, 0.1) is 23.8 Å². The van der Waals surface area contributed by atoms with E-state index in [2.05, 4.69) is 10.2 Å². The molecule has 0 atom stereocenters. The summed E-state index contributed by atoms with van der Waals surface area (Å²) >= 11 is 17.9. The summed E-state index contributed by atoms with van der Waals surface area (Å²) in [6, 6.07) is 11.7. The zero-order chi connectivity index (χ0) is 19.9. The summed E-state index contributed by atoms with van der Waals surface area (Å²) in [6.07, 6.45) is 0.983. The van der Waals surface area contributed by atoms with Crippen LogP contribution in [0.2, 0.25) is 5.02 Å². The molecule has 0 fully saturated rings. The molecular formula is C21H26Cl5N3O. The lowest BCUT2D eigenvalue weighted by Gasteiger charge is -2.20. The molecule has 30 heavy (non-hydrogen) atoms. The van der Waals surface area contributed by atoms with Crippen molar-refractivity contribution in [2.24, 2.45) is 0 Å². The van der Waals surface area contributed by atoms with Gasteiger partial charge in [0.15, 0.2) is 0 Å². The van der Waals surface area contributed by atoms with Crippen LogP contribution in [0.3, 0.4) is 0 Å². The molecular weight excluding hydrogens is 488 g/mol. The summed E-state index contributed by atoms with van der Waals surface area (Å²) in [4.78, 5) is 7.05. The summed E-state index contributed by atoms with van der Waals surface area (Å²) in [5, 5.41) is 6.37. The van der Waals surface area contributed by atoms with Crippen LogP contribution in [0.15, 0.2) is 36.4 Å². The predicted molar refractivity (Wildman–Crippen MR) is 136 cm³/mol. The molecule has 0 saturated carbocycles. The van der Waals surface area contributed by atoms with Crippen LogP contribution < -0.4 is 10.1 Å². The molecule has 0 spiro atoms. The summed E-state index contributed by atoms with van der Waals surface area (Å²) in [6.45, 7) is 3.48. The quantitative estimate of drug-likeness (QED) is 0.191. The maximum absolute atomic E-state index is 6.18. The fourth-order valence-corrected chi connectivity index (χ4v) is 3.95. The number of anilines is 1. The van der Waals surface area contributed by atoms with E-state index >= 15 is 0 Å². The molecule has 0 saturated heterocycles. The minimum Gasteiger partial charge on any atom is -0.497 e. The van der Waals surface area contributed by atoms with Crippen molar-refractivity contribution in [1.29, 1.82) is 0 Å². The molecule has 3 aromatic rings. The van der Waals surface area contributed by atoms with E-state index in [1.807, 2.05) is 36.4 Å². The van der Waals surface area contributed by atoms with Crippen molar-refractivity contribution < 1.29 is 4.74 Å². The van der Waals surface area contributed by atoms with Gasteiger partial charge in [0.25, 0.3) is 0 Å². The number of hydrogen-bond donors (Lipinski definition) is 1. The number of ether oxygens (including phenoxy) is 1. The lowest BCUT2D eigenvalue weighted by molar-refractivity contribution is 0.306. The second-order valence-electron chi connectivity index (χ2n) is 6.53. The number of nitrogens with zero attached hydrogens (tertiary/aromatic N) is 2. The zero-order valence-corrected chi connectivity index (χ0v) is 20.6. The van der Waals surface area contributed by atoms with E-state index in [4.69, 9.17) is 44.5 Å². The second-order valence-corrected chi connectivity index (χ2v) is 7.72. The fraction of sp³-hybridized carbons (Fsp3) is 0.381. The van der Waals surface area contributed by atoms with Gasteiger partial charge < -0.3 is 15.0 Å². The average molecular weight is 514 g/mol. The number of nitrogens with one attached hydrogen (secondary N) is 1. The molecule has 3 rings (SSSR count). The van der Waals surface area contributed by atoms with Crippen molar-refractivity contribution in [2.45, 2.75) is 6.42 Å². The third-order valence-corrected chi connectivity index (χ3v) is 5.27. The molecule has 0 radical (unpaired) electrons. The molecule has 0 bridgehead atoms. The first-order valence-electron chi connectivity index (χ1n) is 9.31. The normalized spacial score (nSPS) is 10.7. The molecule has 0 aliphatic heterocycles. The minimum absolute atomic E-state index is 0. The second kappa shape index (κ2) is 13.5. The van der Waals surface area contributed by atoms with E-state index in [1.165, 1.54) is 0 Å². The lowest BCUT2D eigenvalue weighted by Crippen LogP contribution is -2.30. The monoisotopic (exact) mass is 511 g/mol. The first-order valence-corrected chi connectivity index (χ1v) is 10.8. The average Bonchev–Trinajstić information content (AvgIpc) is 2.70. The Morgan fingerprint density at radius 3 is 2.33 bits per heavy atom. The van der Waals surface area contributed by atoms with Crippen LogP contribution in [0.5, 0.6) is 5.75 Å². The summed E-state index contributed by atoms with van der Waals surface area (Å²) in [7, 11) is 1.67. The third-order valence-electron chi connectivity index (χ3n) is 4.70. The maximum atomic E-state index is 6.18. The SMILES string of the molecule is COc1ccc2nc3cc(Cl)ccc3c(NCCCN(CCCl)CCCl)c2c1.Cl.Cl. The van der Waals surface area contributed by atoms with Gasteiger partial charge >= 0.3 is 0 Å². The molecule has 0 unspecified atom stereocenters. The molecule has 166 valence electrons. The van der Waals surface area contributed by atoms with E-state index in [0.29, 0.717) is 16.8 Å². The summed E-state index contributed by atoms with van der Waals surface area (Å²) in [5.74, 6) is 2.04. The topological polar surface area (TPSA) is 37.4 Å². The van der Waals surface area contributed by atoms with Crippen LogP contribution in [0.4, 0.5) is 5.69 Å². The van der Waals surface area contributed by atoms with E-state index in [9.17, 15) is 0 Å². The number of aromatic nitrogens is 1.